The molecule has 146 valence electrons. The van der Waals surface area contributed by atoms with E-state index in [1.165, 1.54) is 45.6 Å². The van der Waals surface area contributed by atoms with Crippen molar-refractivity contribution in [1.29, 1.82) is 0 Å². The minimum absolute atomic E-state index is 0.0250. The molecule has 2 aliphatic rings. The molecule has 0 bridgehead atoms. The first-order valence-electron chi connectivity index (χ1n) is 9.86. The van der Waals surface area contributed by atoms with Gasteiger partial charge in [-0.05, 0) is 63.4 Å². The number of rotatable bonds is 6. The molecule has 1 aliphatic carbocycles. The average Bonchev–Trinajstić information content (AvgIpc) is 2.68. The molecule has 1 saturated heterocycles. The number of benzene rings is 1. The van der Waals surface area contributed by atoms with Crippen LogP contribution in [-0.4, -0.2) is 45.6 Å². The van der Waals surface area contributed by atoms with Crippen LogP contribution in [0.1, 0.15) is 56.9 Å². The van der Waals surface area contributed by atoms with Crippen molar-refractivity contribution in [3.63, 3.8) is 0 Å². The third-order valence-corrected chi connectivity index (χ3v) is 7.43. The van der Waals surface area contributed by atoms with Crippen LogP contribution in [0.3, 0.4) is 0 Å². The van der Waals surface area contributed by atoms with Crippen molar-refractivity contribution in [3.05, 3.63) is 23.8 Å². The van der Waals surface area contributed by atoms with E-state index in [2.05, 4.69) is 9.62 Å². The molecular formula is C20H32N2O3S. The number of nitrogens with zero attached hydrogens (tertiary/aromatic N) is 1. The van der Waals surface area contributed by atoms with Crippen molar-refractivity contribution in [2.75, 3.05) is 26.7 Å². The zero-order valence-corrected chi connectivity index (χ0v) is 16.9. The van der Waals surface area contributed by atoms with Gasteiger partial charge in [0, 0.05) is 12.1 Å². The smallest absolute Gasteiger partial charge is 0.244 e. The van der Waals surface area contributed by atoms with Crippen LogP contribution in [0.25, 0.3) is 0 Å². The molecule has 0 aromatic heterocycles. The minimum Gasteiger partial charge on any atom is -0.495 e. The Labute approximate surface area is 158 Å². The van der Waals surface area contributed by atoms with Gasteiger partial charge >= 0.3 is 0 Å². The van der Waals surface area contributed by atoms with Crippen molar-refractivity contribution >= 4 is 10.0 Å². The summed E-state index contributed by atoms with van der Waals surface area (Å²) in [5.41, 5.74) is 0.887. The zero-order valence-electron chi connectivity index (χ0n) is 16.1. The van der Waals surface area contributed by atoms with E-state index in [0.29, 0.717) is 12.3 Å². The maximum Gasteiger partial charge on any atom is 0.244 e. The van der Waals surface area contributed by atoms with Gasteiger partial charge in [-0.3, -0.25) is 4.90 Å². The molecule has 6 heteroatoms. The van der Waals surface area contributed by atoms with Crippen molar-refractivity contribution in [1.82, 2.24) is 9.62 Å². The van der Waals surface area contributed by atoms with Gasteiger partial charge in [-0.15, -0.1) is 0 Å². The topological polar surface area (TPSA) is 58.6 Å². The van der Waals surface area contributed by atoms with Crippen molar-refractivity contribution in [3.8, 4) is 5.75 Å². The standard InChI is InChI=1S/C20H32N2O3S/c1-17-9-10-18(25-2)19(15-17)26(23,24)21-16-20(11-5-3-6-12-20)22-13-7-4-8-14-22/h9-10,15,21H,3-8,11-14,16H2,1-2H3. The summed E-state index contributed by atoms with van der Waals surface area (Å²) in [5.74, 6) is 0.402. The van der Waals surface area contributed by atoms with Gasteiger partial charge in [-0.25, -0.2) is 13.1 Å². The van der Waals surface area contributed by atoms with Gasteiger partial charge in [0.15, 0.2) is 0 Å². The van der Waals surface area contributed by atoms with Crippen LogP contribution in [0.15, 0.2) is 23.1 Å². The zero-order chi connectivity index (χ0) is 18.6. The molecule has 0 spiro atoms. The number of nitrogens with one attached hydrogen (secondary N) is 1. The Morgan fingerprint density at radius 2 is 1.73 bits per heavy atom. The fraction of sp³-hybridized carbons (Fsp3) is 0.700. The molecule has 5 nitrogen and oxygen atoms in total. The molecule has 1 heterocycles. The average molecular weight is 381 g/mol. The number of aryl methyl sites for hydroxylation is 1. The van der Waals surface area contributed by atoms with E-state index in [-0.39, 0.29) is 10.4 Å². The lowest BCUT2D eigenvalue weighted by Crippen LogP contribution is -2.58. The Hall–Kier alpha value is -1.11. The third-order valence-electron chi connectivity index (χ3n) is 6.01. The summed E-state index contributed by atoms with van der Waals surface area (Å²) in [4.78, 5) is 2.80. The molecule has 1 aliphatic heterocycles. The number of sulfonamides is 1. The lowest BCUT2D eigenvalue weighted by atomic mass is 9.79. The number of hydrogen-bond acceptors (Lipinski definition) is 4. The summed E-state index contributed by atoms with van der Waals surface area (Å²) in [6.45, 7) is 4.58. The van der Waals surface area contributed by atoms with E-state index in [1.807, 2.05) is 13.0 Å². The highest BCUT2D eigenvalue weighted by molar-refractivity contribution is 7.89. The summed E-state index contributed by atoms with van der Waals surface area (Å²) in [6.07, 6.45) is 9.53. The van der Waals surface area contributed by atoms with Gasteiger partial charge < -0.3 is 4.74 Å². The van der Waals surface area contributed by atoms with E-state index < -0.39 is 10.0 Å². The van der Waals surface area contributed by atoms with E-state index in [9.17, 15) is 8.42 Å². The largest absolute Gasteiger partial charge is 0.495 e. The maximum absolute atomic E-state index is 13.0. The van der Waals surface area contributed by atoms with Crippen LogP contribution in [0.2, 0.25) is 0 Å². The molecular weight excluding hydrogens is 348 g/mol. The number of methoxy groups -OCH3 is 1. The highest BCUT2D eigenvalue weighted by atomic mass is 32.2. The van der Waals surface area contributed by atoms with Gasteiger partial charge in [0.05, 0.1) is 7.11 Å². The molecule has 0 atom stereocenters. The normalized spacial score (nSPS) is 21.5. The van der Waals surface area contributed by atoms with Crippen molar-refractivity contribution in [2.45, 2.75) is 68.7 Å². The molecule has 3 rings (SSSR count). The molecule has 1 saturated carbocycles. The fourth-order valence-corrected chi connectivity index (χ4v) is 5.86. The summed E-state index contributed by atoms with van der Waals surface area (Å²) < 4.78 is 34.3. The van der Waals surface area contributed by atoms with E-state index in [0.717, 1.165) is 31.5 Å². The first-order chi connectivity index (χ1) is 12.5. The van der Waals surface area contributed by atoms with Crippen LogP contribution in [0, 0.1) is 6.92 Å². The Morgan fingerprint density at radius 1 is 1.08 bits per heavy atom. The molecule has 2 fully saturated rings. The SMILES string of the molecule is COc1ccc(C)cc1S(=O)(=O)NCC1(N2CCCCC2)CCCCC1. The lowest BCUT2D eigenvalue weighted by molar-refractivity contribution is 0.0376. The fourth-order valence-electron chi connectivity index (χ4n) is 4.48. The number of piperidine rings is 1. The van der Waals surface area contributed by atoms with Crippen LogP contribution < -0.4 is 9.46 Å². The van der Waals surface area contributed by atoms with Crippen LogP contribution in [0.4, 0.5) is 0 Å². The Bertz CT molecular complexity index is 706. The monoisotopic (exact) mass is 380 g/mol. The van der Waals surface area contributed by atoms with Crippen molar-refractivity contribution in [2.24, 2.45) is 0 Å². The summed E-state index contributed by atoms with van der Waals surface area (Å²) in [7, 11) is -2.09. The molecule has 0 radical (unpaired) electrons. The minimum atomic E-state index is -3.60. The second-order valence-corrected chi connectivity index (χ2v) is 9.55. The van der Waals surface area contributed by atoms with Crippen molar-refractivity contribution < 1.29 is 13.2 Å². The summed E-state index contributed by atoms with van der Waals surface area (Å²) in [6, 6.07) is 5.29. The second-order valence-electron chi connectivity index (χ2n) is 7.81. The van der Waals surface area contributed by atoms with Crippen LogP contribution in [0.5, 0.6) is 5.75 Å². The predicted octanol–water partition coefficient (Wildman–Crippen LogP) is 3.47. The summed E-state index contributed by atoms with van der Waals surface area (Å²) >= 11 is 0. The van der Waals surface area contributed by atoms with Crippen LogP contribution >= 0.6 is 0 Å². The highest BCUT2D eigenvalue weighted by Gasteiger charge is 2.39. The highest BCUT2D eigenvalue weighted by Crippen LogP contribution is 2.36. The molecule has 26 heavy (non-hydrogen) atoms. The lowest BCUT2D eigenvalue weighted by Gasteiger charge is -2.48. The van der Waals surface area contributed by atoms with Gasteiger partial charge in [-0.2, -0.15) is 0 Å². The maximum atomic E-state index is 13.0. The van der Waals surface area contributed by atoms with E-state index in [1.54, 1.807) is 12.1 Å². The Morgan fingerprint density at radius 3 is 2.38 bits per heavy atom. The molecule has 0 unspecified atom stereocenters. The van der Waals surface area contributed by atoms with E-state index >= 15 is 0 Å². The molecule has 1 N–H and O–H groups in total. The molecule has 1 aromatic carbocycles. The number of likely N-dealkylation sites (tertiary alicyclic amines) is 1. The van der Waals surface area contributed by atoms with E-state index in [4.69, 9.17) is 4.74 Å². The first kappa shape index (κ1) is 19.6. The Kier molecular flexibility index (Phi) is 6.25. The molecule has 0 amide bonds. The third kappa shape index (κ3) is 4.24. The molecule has 1 aromatic rings. The second kappa shape index (κ2) is 8.28. The van der Waals surface area contributed by atoms with Gasteiger partial charge in [0.1, 0.15) is 10.6 Å². The number of hydrogen-bond donors (Lipinski definition) is 1. The predicted molar refractivity (Wildman–Crippen MR) is 104 cm³/mol. The quantitative estimate of drug-likeness (QED) is 0.821. The number of ether oxygens (including phenoxy) is 1. The summed E-state index contributed by atoms with van der Waals surface area (Å²) in [5, 5.41) is 0. The Balaban J connectivity index is 1.81. The van der Waals surface area contributed by atoms with Gasteiger partial charge in [0.2, 0.25) is 10.0 Å². The first-order valence-corrected chi connectivity index (χ1v) is 11.3. The van der Waals surface area contributed by atoms with Gasteiger partial charge in [0.25, 0.3) is 0 Å². The van der Waals surface area contributed by atoms with Gasteiger partial charge in [-0.1, -0.05) is 31.7 Å². The van der Waals surface area contributed by atoms with Crippen LogP contribution in [-0.2, 0) is 10.0 Å².